The maximum Gasteiger partial charge on any atom is 0.343 e. The standard InChI is InChI=1S/C47H75FN2O4S/c1-10-54-41(51)46(48)22-13-33(14-23-46)31-34-15-20-43(6)38(42(34,4)5)17-21-45(8)39(43)12-11-37-40-36(32(2)3)16-24-47(40,26-25-44(37,45)7)49-27-30-50-28-18-35(19-29-50)55(9,52)53/h15,31,35-40,49H,2,10-14,16-30H2,1,3-9H3/t36-,37+,38-,39+,40+,43-,44+,45+,46?,47-/m0/s1. The molecule has 6 aliphatic carbocycles. The number of carbonyl (C=O) groups excluding carboxylic acids is 1. The average Bonchev–Trinajstić information content (AvgIpc) is 3.51. The first-order valence-electron chi connectivity index (χ1n) is 22.3. The molecule has 1 saturated heterocycles. The van der Waals surface area contributed by atoms with E-state index in [2.05, 4.69) is 70.5 Å². The molecule has 9 atom stereocenters. The summed E-state index contributed by atoms with van der Waals surface area (Å²) in [5.41, 5.74) is 3.24. The number of halogens is 1. The van der Waals surface area contributed by atoms with E-state index >= 15 is 4.39 Å². The normalized spacial score (nSPS) is 43.3. The molecule has 7 aliphatic rings. The second-order valence-corrected chi connectivity index (χ2v) is 23.5. The van der Waals surface area contributed by atoms with Crippen LogP contribution in [0.4, 0.5) is 4.39 Å². The Morgan fingerprint density at radius 1 is 0.945 bits per heavy atom. The van der Waals surface area contributed by atoms with Crippen molar-refractivity contribution in [2.45, 2.75) is 161 Å². The number of nitrogens with zero attached hydrogens (tertiary/aromatic N) is 1. The predicted molar refractivity (Wildman–Crippen MR) is 222 cm³/mol. The van der Waals surface area contributed by atoms with Crippen molar-refractivity contribution in [2.24, 2.45) is 51.2 Å². The van der Waals surface area contributed by atoms with E-state index in [0.29, 0.717) is 42.4 Å². The Morgan fingerprint density at radius 2 is 1.64 bits per heavy atom. The second-order valence-electron chi connectivity index (χ2n) is 21.2. The van der Waals surface area contributed by atoms with Gasteiger partial charge in [-0.15, -0.1) is 0 Å². The zero-order valence-electron chi connectivity index (χ0n) is 35.8. The average molecular weight is 783 g/mol. The number of hydrogen-bond acceptors (Lipinski definition) is 6. The van der Waals surface area contributed by atoms with Crippen molar-refractivity contribution in [3.05, 3.63) is 35.5 Å². The molecule has 310 valence electrons. The lowest BCUT2D eigenvalue weighted by atomic mass is 9.33. The first kappa shape index (κ1) is 41.6. The summed E-state index contributed by atoms with van der Waals surface area (Å²) in [7, 11) is -2.95. The van der Waals surface area contributed by atoms with Gasteiger partial charge in [0.05, 0.1) is 11.9 Å². The summed E-state index contributed by atoms with van der Waals surface area (Å²) < 4.78 is 44.8. The zero-order chi connectivity index (χ0) is 39.8. The monoisotopic (exact) mass is 783 g/mol. The number of fused-ring (bicyclic) bond motifs is 7. The summed E-state index contributed by atoms with van der Waals surface area (Å²) in [6.07, 6.45) is 20.9. The highest BCUT2D eigenvalue weighted by Gasteiger charge is 2.70. The number of esters is 1. The summed E-state index contributed by atoms with van der Waals surface area (Å²) in [5, 5.41) is 4.09. The zero-order valence-corrected chi connectivity index (χ0v) is 36.7. The maximum absolute atomic E-state index is 15.5. The number of allylic oxidation sites excluding steroid dienone is 5. The quantitative estimate of drug-likeness (QED) is 0.186. The molecule has 0 bridgehead atoms. The van der Waals surface area contributed by atoms with Gasteiger partial charge in [-0.05, 0) is 180 Å². The first-order chi connectivity index (χ1) is 25.7. The van der Waals surface area contributed by atoms with E-state index in [1.54, 1.807) is 6.92 Å². The van der Waals surface area contributed by atoms with Gasteiger partial charge >= 0.3 is 5.97 Å². The van der Waals surface area contributed by atoms with Crippen LogP contribution in [-0.2, 0) is 19.4 Å². The van der Waals surface area contributed by atoms with E-state index < -0.39 is 21.5 Å². The third-order valence-corrected chi connectivity index (χ3v) is 20.1. The molecule has 0 aromatic carbocycles. The number of carbonyl (C=O) groups is 1. The SMILES string of the molecule is C=C(C)[C@@H]1CC[C@]2(NCCN3CCC(S(C)(=O)=O)CC3)CC[C@]3(C)[C@H](CC[C@@H]4[C@@]5(C)CC=C(C=C6CCC(F)(C(=O)OCC)CC6)C(C)(C)[C@@H]5CC[C@]43C)[C@@H]12. The molecule has 0 aromatic heterocycles. The fraction of sp³-hybridized carbons (Fsp3) is 0.851. The van der Waals surface area contributed by atoms with Gasteiger partial charge in [-0.3, -0.25) is 0 Å². The Balaban J connectivity index is 1.08. The van der Waals surface area contributed by atoms with Crippen LogP contribution in [0.1, 0.15) is 145 Å². The molecule has 55 heavy (non-hydrogen) atoms. The van der Waals surface area contributed by atoms with E-state index in [1.807, 2.05) is 0 Å². The number of sulfone groups is 1. The fourth-order valence-electron chi connectivity index (χ4n) is 15.1. The summed E-state index contributed by atoms with van der Waals surface area (Å²) >= 11 is 0. The number of alkyl halides is 1. The van der Waals surface area contributed by atoms with Crippen molar-refractivity contribution in [1.82, 2.24) is 10.2 Å². The highest BCUT2D eigenvalue weighted by atomic mass is 32.2. The van der Waals surface area contributed by atoms with Crippen LogP contribution in [0.2, 0.25) is 0 Å². The third-order valence-electron chi connectivity index (χ3n) is 18.4. The van der Waals surface area contributed by atoms with Crippen LogP contribution in [0.25, 0.3) is 0 Å². The van der Waals surface area contributed by atoms with E-state index in [4.69, 9.17) is 4.74 Å². The Labute approximate surface area is 334 Å². The molecule has 0 unspecified atom stereocenters. The molecule has 1 aliphatic heterocycles. The highest BCUT2D eigenvalue weighted by Crippen LogP contribution is 2.76. The van der Waals surface area contributed by atoms with Gasteiger partial charge < -0.3 is 15.0 Å². The number of rotatable bonds is 9. The molecule has 0 aromatic rings. The molecule has 0 amide bonds. The van der Waals surface area contributed by atoms with Gasteiger partial charge in [-0.2, -0.15) is 0 Å². The van der Waals surface area contributed by atoms with E-state index in [9.17, 15) is 13.2 Å². The summed E-state index contributed by atoms with van der Waals surface area (Å²) in [6, 6.07) is 0. The lowest BCUT2D eigenvalue weighted by molar-refractivity contribution is -0.221. The minimum Gasteiger partial charge on any atom is -0.464 e. The largest absolute Gasteiger partial charge is 0.464 e. The van der Waals surface area contributed by atoms with Crippen molar-refractivity contribution >= 4 is 15.8 Å². The van der Waals surface area contributed by atoms with Gasteiger partial charge in [-0.1, -0.05) is 64.5 Å². The van der Waals surface area contributed by atoms with Crippen LogP contribution in [-0.4, -0.2) is 74.8 Å². The summed E-state index contributed by atoms with van der Waals surface area (Å²) in [4.78, 5) is 14.8. The minimum absolute atomic E-state index is 0.0344. The molecular formula is C47H75FN2O4S. The van der Waals surface area contributed by atoms with Crippen molar-refractivity contribution < 1.29 is 22.3 Å². The fourth-order valence-corrected chi connectivity index (χ4v) is 16.2. The van der Waals surface area contributed by atoms with Crippen molar-refractivity contribution in [1.29, 1.82) is 0 Å². The lowest BCUT2D eigenvalue weighted by Gasteiger charge is -2.72. The van der Waals surface area contributed by atoms with E-state index in [1.165, 1.54) is 74.3 Å². The van der Waals surface area contributed by atoms with Crippen LogP contribution in [0.3, 0.4) is 0 Å². The van der Waals surface area contributed by atoms with E-state index in [0.717, 1.165) is 45.4 Å². The molecule has 0 spiro atoms. The number of likely N-dealkylation sites (tertiary alicyclic amines) is 1. The molecular weight excluding hydrogens is 708 g/mol. The van der Waals surface area contributed by atoms with Crippen LogP contribution in [0.5, 0.6) is 0 Å². The molecule has 6 nitrogen and oxygen atoms in total. The predicted octanol–water partition coefficient (Wildman–Crippen LogP) is 9.80. The molecule has 1 heterocycles. The Hall–Kier alpha value is -1.51. The van der Waals surface area contributed by atoms with Gasteiger partial charge in [0.2, 0.25) is 5.67 Å². The Bertz CT molecular complexity index is 1670. The Kier molecular flexibility index (Phi) is 11.1. The van der Waals surface area contributed by atoms with Gasteiger partial charge in [0.25, 0.3) is 0 Å². The van der Waals surface area contributed by atoms with E-state index in [-0.39, 0.29) is 51.9 Å². The van der Waals surface area contributed by atoms with Gasteiger partial charge in [0.15, 0.2) is 0 Å². The van der Waals surface area contributed by atoms with Crippen LogP contribution in [0, 0.1) is 51.2 Å². The van der Waals surface area contributed by atoms with Gasteiger partial charge in [-0.25, -0.2) is 17.6 Å². The summed E-state index contributed by atoms with van der Waals surface area (Å²) in [6.45, 7) is 25.7. The lowest BCUT2D eigenvalue weighted by Crippen LogP contribution is -2.68. The molecule has 6 fully saturated rings. The summed E-state index contributed by atoms with van der Waals surface area (Å²) in [5.74, 6) is 2.46. The van der Waals surface area contributed by atoms with Crippen LogP contribution < -0.4 is 5.32 Å². The maximum atomic E-state index is 15.5. The third kappa shape index (κ3) is 6.88. The van der Waals surface area contributed by atoms with Gasteiger partial charge in [0.1, 0.15) is 9.84 Å². The number of piperidine rings is 1. The molecule has 1 N–H and O–H groups in total. The second kappa shape index (κ2) is 14.6. The van der Waals surface area contributed by atoms with Crippen LogP contribution >= 0.6 is 0 Å². The van der Waals surface area contributed by atoms with Crippen molar-refractivity contribution in [3.8, 4) is 0 Å². The van der Waals surface area contributed by atoms with Crippen molar-refractivity contribution in [3.63, 3.8) is 0 Å². The molecule has 0 radical (unpaired) electrons. The minimum atomic E-state index is -2.95. The van der Waals surface area contributed by atoms with Crippen molar-refractivity contribution in [2.75, 3.05) is 39.0 Å². The van der Waals surface area contributed by atoms with Gasteiger partial charge in [0, 0.05) is 24.9 Å². The van der Waals surface area contributed by atoms with Crippen LogP contribution in [0.15, 0.2) is 35.5 Å². The number of ether oxygens (including phenoxy) is 1. The topological polar surface area (TPSA) is 75.7 Å². The molecule has 5 saturated carbocycles. The number of nitrogens with one attached hydrogen (secondary N) is 1. The Morgan fingerprint density at radius 3 is 2.27 bits per heavy atom. The molecule has 7 rings (SSSR count). The number of hydrogen-bond donors (Lipinski definition) is 1. The molecule has 8 heteroatoms. The first-order valence-corrected chi connectivity index (χ1v) is 24.3. The highest BCUT2D eigenvalue weighted by molar-refractivity contribution is 7.91. The smallest absolute Gasteiger partial charge is 0.343 e.